The predicted octanol–water partition coefficient (Wildman–Crippen LogP) is 4.62. The summed E-state index contributed by atoms with van der Waals surface area (Å²) in [6, 6.07) is 8.71. The van der Waals surface area contributed by atoms with Gasteiger partial charge in [0.1, 0.15) is 17.9 Å². The van der Waals surface area contributed by atoms with Gasteiger partial charge in [0.2, 0.25) is 0 Å². The van der Waals surface area contributed by atoms with Crippen molar-refractivity contribution < 1.29 is 24.2 Å². The summed E-state index contributed by atoms with van der Waals surface area (Å²) in [7, 11) is 1.56. The molecule has 4 N–H and O–H groups in total. The first-order valence-corrected chi connectivity index (χ1v) is 12.1. The number of nitrogens with one attached hydrogen (secondary N) is 1. The molecule has 0 saturated carbocycles. The quantitative estimate of drug-likeness (QED) is 0.279. The number of carboxylic acids is 1. The minimum atomic E-state index is -0.972. The van der Waals surface area contributed by atoms with E-state index in [2.05, 4.69) is 15.3 Å². The number of halogens is 1. The maximum absolute atomic E-state index is 12.8. The van der Waals surface area contributed by atoms with Crippen LogP contribution in [0.5, 0.6) is 11.5 Å². The van der Waals surface area contributed by atoms with Crippen LogP contribution in [0.1, 0.15) is 32.3 Å². The Morgan fingerprint density at radius 1 is 1.17 bits per heavy atom. The molecule has 0 aliphatic rings. The summed E-state index contributed by atoms with van der Waals surface area (Å²) in [4.78, 5) is 33.1. The number of methoxy groups -OCH3 is 1. The summed E-state index contributed by atoms with van der Waals surface area (Å²) in [6.07, 6.45) is 2.13. The fourth-order valence-corrected chi connectivity index (χ4v) is 3.96. The number of rotatable bonds is 13. The highest BCUT2D eigenvalue weighted by molar-refractivity contribution is 6.31. The number of Topliss-reactive ketones (excluding diaryl/α,β-unsaturated/α-hetero) is 1. The highest BCUT2D eigenvalue weighted by atomic mass is 35.5. The van der Waals surface area contributed by atoms with Crippen LogP contribution in [0.4, 0.5) is 11.5 Å². The number of fused-ring (bicyclic) bond motifs is 1. The Hall–Kier alpha value is -3.43. The molecule has 0 unspecified atom stereocenters. The van der Waals surface area contributed by atoms with Gasteiger partial charge in [0, 0.05) is 35.0 Å². The van der Waals surface area contributed by atoms with Gasteiger partial charge in [-0.1, -0.05) is 31.5 Å². The van der Waals surface area contributed by atoms with E-state index >= 15 is 0 Å². The molecule has 192 valence electrons. The van der Waals surface area contributed by atoms with E-state index in [-0.39, 0.29) is 24.5 Å². The second-order valence-corrected chi connectivity index (χ2v) is 9.20. The molecule has 1 aromatic heterocycles. The maximum atomic E-state index is 12.8. The number of carboxylic acid groups (broad SMARTS) is 1. The zero-order valence-corrected chi connectivity index (χ0v) is 21.3. The normalized spacial score (nSPS) is 11.9. The van der Waals surface area contributed by atoms with Crippen LogP contribution in [-0.2, 0) is 16.0 Å². The van der Waals surface area contributed by atoms with Gasteiger partial charge < -0.3 is 25.6 Å². The van der Waals surface area contributed by atoms with Crippen LogP contribution < -0.4 is 20.5 Å². The van der Waals surface area contributed by atoms with E-state index < -0.39 is 11.9 Å². The highest BCUT2D eigenvalue weighted by Gasteiger charge is 2.25. The number of aromatic nitrogens is 2. The topological polar surface area (TPSA) is 137 Å². The lowest BCUT2D eigenvalue weighted by molar-refractivity contribution is -0.145. The minimum absolute atomic E-state index is 0.0468. The Morgan fingerprint density at radius 2 is 1.94 bits per heavy atom. The van der Waals surface area contributed by atoms with Crippen molar-refractivity contribution >= 4 is 45.8 Å². The zero-order chi connectivity index (χ0) is 26.2. The lowest BCUT2D eigenvalue weighted by Gasteiger charge is -2.17. The summed E-state index contributed by atoms with van der Waals surface area (Å²) in [5.74, 6) is -0.468. The standard InChI is InChI=1S/C26H31ClN4O5/c1-15(2)19(26(33)34)11-18(32)9-16-5-6-17(27)10-21(16)31-25-20-12-24(36-8-4-7-28)23(35-3)13-22(20)29-14-30-25/h5-6,10,12-15,19H,4,7-9,11,28H2,1-3H3,(H,33,34)(H,29,30,31)/t19-/m0/s1. The number of ketones is 1. The number of anilines is 2. The monoisotopic (exact) mass is 514 g/mol. The maximum Gasteiger partial charge on any atom is 0.307 e. The summed E-state index contributed by atoms with van der Waals surface area (Å²) < 4.78 is 11.3. The van der Waals surface area contributed by atoms with E-state index in [1.807, 2.05) is 0 Å². The van der Waals surface area contributed by atoms with Crippen LogP contribution in [0, 0.1) is 11.8 Å². The average molecular weight is 515 g/mol. The Bertz CT molecular complexity index is 1230. The highest BCUT2D eigenvalue weighted by Crippen LogP contribution is 2.35. The van der Waals surface area contributed by atoms with Gasteiger partial charge in [0.15, 0.2) is 11.5 Å². The largest absolute Gasteiger partial charge is 0.493 e. The van der Waals surface area contributed by atoms with Crippen molar-refractivity contribution in [3.63, 3.8) is 0 Å². The van der Waals surface area contributed by atoms with Crippen molar-refractivity contribution in [2.24, 2.45) is 17.6 Å². The lowest BCUT2D eigenvalue weighted by Crippen LogP contribution is -2.23. The first kappa shape index (κ1) is 27.2. The van der Waals surface area contributed by atoms with Crippen LogP contribution in [0.15, 0.2) is 36.7 Å². The molecule has 3 aromatic rings. The number of ether oxygens (including phenoxy) is 2. The van der Waals surface area contributed by atoms with Gasteiger partial charge in [-0.2, -0.15) is 0 Å². The van der Waals surface area contributed by atoms with Crippen LogP contribution in [0.2, 0.25) is 5.02 Å². The number of nitrogens with zero attached hydrogens (tertiary/aromatic N) is 2. The van der Waals surface area contributed by atoms with Crippen LogP contribution in [-0.4, -0.2) is 47.1 Å². The zero-order valence-electron chi connectivity index (χ0n) is 20.6. The minimum Gasteiger partial charge on any atom is -0.493 e. The number of carbonyl (C=O) groups is 2. The van der Waals surface area contributed by atoms with Crippen molar-refractivity contribution in [2.75, 3.05) is 25.6 Å². The second-order valence-electron chi connectivity index (χ2n) is 8.77. The number of carbonyl (C=O) groups excluding carboxylic acids is 1. The summed E-state index contributed by atoms with van der Waals surface area (Å²) in [6.45, 7) is 4.53. The fourth-order valence-electron chi connectivity index (χ4n) is 3.79. The van der Waals surface area contributed by atoms with Crippen molar-refractivity contribution in [2.45, 2.75) is 33.1 Å². The number of aliphatic carboxylic acids is 1. The van der Waals surface area contributed by atoms with E-state index in [1.165, 1.54) is 6.33 Å². The summed E-state index contributed by atoms with van der Waals surface area (Å²) >= 11 is 6.26. The third-order valence-electron chi connectivity index (χ3n) is 5.81. The molecule has 9 nitrogen and oxygen atoms in total. The Balaban J connectivity index is 1.93. The van der Waals surface area contributed by atoms with Gasteiger partial charge in [-0.25, -0.2) is 9.97 Å². The van der Waals surface area contributed by atoms with Gasteiger partial charge in [-0.05, 0) is 42.6 Å². The Morgan fingerprint density at radius 3 is 2.61 bits per heavy atom. The van der Waals surface area contributed by atoms with Crippen LogP contribution in [0.25, 0.3) is 10.9 Å². The molecule has 1 atom stereocenters. The smallest absolute Gasteiger partial charge is 0.307 e. The van der Waals surface area contributed by atoms with Gasteiger partial charge in [-0.3, -0.25) is 9.59 Å². The van der Waals surface area contributed by atoms with Gasteiger partial charge in [0.05, 0.1) is 25.2 Å². The number of hydrogen-bond acceptors (Lipinski definition) is 8. The molecule has 36 heavy (non-hydrogen) atoms. The van der Waals surface area contributed by atoms with Gasteiger partial charge in [0.25, 0.3) is 0 Å². The molecule has 0 fully saturated rings. The SMILES string of the molecule is COc1cc2ncnc(Nc3cc(Cl)ccc3CC(=O)C[C@H](C(=O)O)C(C)C)c2cc1OCCCN. The molecule has 10 heteroatoms. The van der Waals surface area contributed by atoms with Crippen molar-refractivity contribution in [3.05, 3.63) is 47.2 Å². The molecule has 2 aromatic carbocycles. The van der Waals surface area contributed by atoms with Crippen molar-refractivity contribution in [1.82, 2.24) is 9.97 Å². The van der Waals surface area contributed by atoms with Gasteiger partial charge >= 0.3 is 5.97 Å². The van der Waals surface area contributed by atoms with Crippen LogP contribution in [0.3, 0.4) is 0 Å². The molecular weight excluding hydrogens is 484 g/mol. The van der Waals surface area contributed by atoms with E-state index in [0.29, 0.717) is 64.1 Å². The van der Waals surface area contributed by atoms with E-state index in [9.17, 15) is 14.7 Å². The van der Waals surface area contributed by atoms with Crippen molar-refractivity contribution in [1.29, 1.82) is 0 Å². The first-order chi connectivity index (χ1) is 17.2. The molecule has 0 amide bonds. The third kappa shape index (κ3) is 6.83. The van der Waals surface area contributed by atoms with Crippen LogP contribution >= 0.6 is 11.6 Å². The van der Waals surface area contributed by atoms with E-state index in [1.54, 1.807) is 51.3 Å². The van der Waals surface area contributed by atoms with Crippen molar-refractivity contribution in [3.8, 4) is 11.5 Å². The third-order valence-corrected chi connectivity index (χ3v) is 6.04. The lowest BCUT2D eigenvalue weighted by atomic mass is 9.89. The Labute approximate surface area is 215 Å². The average Bonchev–Trinajstić information content (AvgIpc) is 2.84. The second kappa shape index (κ2) is 12.5. The van der Waals surface area contributed by atoms with E-state index in [4.69, 9.17) is 26.8 Å². The number of nitrogens with two attached hydrogens (primary N) is 1. The summed E-state index contributed by atoms with van der Waals surface area (Å²) in [5, 5.41) is 13.9. The molecule has 0 bridgehead atoms. The first-order valence-electron chi connectivity index (χ1n) is 11.7. The molecule has 0 spiro atoms. The fraction of sp³-hybridized carbons (Fsp3) is 0.385. The molecule has 0 aliphatic heterocycles. The molecule has 1 heterocycles. The molecule has 0 radical (unpaired) electrons. The predicted molar refractivity (Wildman–Crippen MR) is 139 cm³/mol. The van der Waals surface area contributed by atoms with E-state index in [0.717, 1.165) is 0 Å². The molecular formula is C26H31ClN4O5. The number of benzene rings is 2. The molecule has 3 rings (SSSR count). The number of hydrogen-bond donors (Lipinski definition) is 3. The molecule has 0 saturated heterocycles. The molecule has 0 aliphatic carbocycles. The Kier molecular flexibility index (Phi) is 9.44. The summed E-state index contributed by atoms with van der Waals surface area (Å²) in [5.41, 5.74) is 7.48. The van der Waals surface area contributed by atoms with Gasteiger partial charge in [-0.15, -0.1) is 0 Å².